The number of rotatable bonds is 2. The van der Waals surface area contributed by atoms with Crippen LogP contribution in [0.2, 0.25) is 0 Å². The topological polar surface area (TPSA) is 71.4 Å². The fourth-order valence-corrected chi connectivity index (χ4v) is 2.84. The number of aliphatic imine (C=N–C) groups is 1. The van der Waals surface area contributed by atoms with Crippen LogP contribution in [0.5, 0.6) is 11.5 Å². The van der Waals surface area contributed by atoms with E-state index >= 15 is 0 Å². The van der Waals surface area contributed by atoms with Crippen LogP contribution in [0.1, 0.15) is 23.2 Å². The van der Waals surface area contributed by atoms with Crippen LogP contribution in [0.3, 0.4) is 0 Å². The average Bonchev–Trinajstić information content (AvgIpc) is 2.63. The molecule has 1 aromatic rings. The fourth-order valence-electron chi connectivity index (χ4n) is 2.84. The first-order chi connectivity index (χ1) is 10.1. The summed E-state index contributed by atoms with van der Waals surface area (Å²) in [5.41, 5.74) is 1.07. The number of methoxy groups -OCH3 is 2. The Kier molecular flexibility index (Phi) is 3.55. The fraction of sp³-hybridized carbons (Fsp3) is 0.467. The molecule has 2 aliphatic heterocycles. The van der Waals surface area contributed by atoms with Gasteiger partial charge in [0.2, 0.25) is 0 Å². The van der Waals surface area contributed by atoms with Gasteiger partial charge in [-0.3, -0.25) is 9.79 Å². The zero-order valence-electron chi connectivity index (χ0n) is 12.1. The van der Waals surface area contributed by atoms with Gasteiger partial charge in [0, 0.05) is 18.8 Å². The minimum absolute atomic E-state index is 0.0830. The summed E-state index contributed by atoms with van der Waals surface area (Å²) in [5.74, 6) is 0.969. The molecule has 2 aliphatic rings. The maximum absolute atomic E-state index is 12.7. The number of hydrogen-bond acceptors (Lipinski definition) is 5. The summed E-state index contributed by atoms with van der Waals surface area (Å²) in [6.07, 6.45) is 2.48. The van der Waals surface area contributed by atoms with E-state index in [9.17, 15) is 9.90 Å². The van der Waals surface area contributed by atoms with Gasteiger partial charge in [-0.25, -0.2) is 0 Å². The SMILES string of the molecule is COc1cc2c(cc1OC)C(=O)N1CC[C@@H](O)C[C@H]1C=N2. The van der Waals surface area contributed by atoms with Crippen LogP contribution in [0.4, 0.5) is 5.69 Å². The Labute approximate surface area is 123 Å². The molecular weight excluding hydrogens is 272 g/mol. The van der Waals surface area contributed by atoms with Crippen molar-refractivity contribution in [3.05, 3.63) is 17.7 Å². The first kappa shape index (κ1) is 13.9. The van der Waals surface area contributed by atoms with Gasteiger partial charge in [0.1, 0.15) is 0 Å². The molecule has 2 atom stereocenters. The first-order valence-electron chi connectivity index (χ1n) is 6.93. The highest BCUT2D eigenvalue weighted by atomic mass is 16.5. The Morgan fingerprint density at radius 1 is 1.29 bits per heavy atom. The van der Waals surface area contributed by atoms with E-state index in [1.807, 2.05) is 0 Å². The molecule has 0 spiro atoms. The number of piperidine rings is 1. The van der Waals surface area contributed by atoms with Gasteiger partial charge in [-0.15, -0.1) is 0 Å². The number of fused-ring (bicyclic) bond motifs is 2. The molecular formula is C15H18N2O4. The average molecular weight is 290 g/mol. The lowest BCUT2D eigenvalue weighted by molar-refractivity contribution is 0.0466. The molecule has 1 saturated heterocycles. The number of carbonyl (C=O) groups excluding carboxylic acids is 1. The van der Waals surface area contributed by atoms with Crippen LogP contribution in [-0.2, 0) is 0 Å². The molecule has 0 aliphatic carbocycles. The van der Waals surface area contributed by atoms with Crippen LogP contribution in [0, 0.1) is 0 Å². The molecule has 3 rings (SSSR count). The summed E-state index contributed by atoms with van der Waals surface area (Å²) in [5, 5.41) is 9.77. The highest BCUT2D eigenvalue weighted by Gasteiger charge is 2.33. The van der Waals surface area contributed by atoms with Gasteiger partial charge < -0.3 is 19.5 Å². The van der Waals surface area contributed by atoms with E-state index in [1.165, 1.54) is 7.11 Å². The first-order valence-corrected chi connectivity index (χ1v) is 6.93. The third-order valence-corrected chi connectivity index (χ3v) is 4.00. The van der Waals surface area contributed by atoms with E-state index in [1.54, 1.807) is 30.4 Å². The van der Waals surface area contributed by atoms with Crippen LogP contribution in [0.15, 0.2) is 17.1 Å². The Morgan fingerprint density at radius 3 is 2.71 bits per heavy atom. The highest BCUT2D eigenvalue weighted by molar-refractivity contribution is 6.03. The summed E-state index contributed by atoms with van der Waals surface area (Å²) in [6, 6.07) is 3.21. The van der Waals surface area contributed by atoms with Gasteiger partial charge in [0.25, 0.3) is 5.91 Å². The van der Waals surface area contributed by atoms with E-state index < -0.39 is 0 Å². The number of ether oxygens (including phenoxy) is 2. The molecule has 6 nitrogen and oxygen atoms in total. The van der Waals surface area contributed by atoms with Crippen molar-refractivity contribution in [2.75, 3.05) is 20.8 Å². The van der Waals surface area contributed by atoms with Crippen LogP contribution in [-0.4, -0.2) is 55.0 Å². The molecule has 0 unspecified atom stereocenters. The molecule has 112 valence electrons. The molecule has 2 heterocycles. The number of amides is 1. The maximum Gasteiger partial charge on any atom is 0.256 e. The number of aliphatic hydroxyl groups is 1. The zero-order valence-corrected chi connectivity index (χ0v) is 12.1. The normalized spacial score (nSPS) is 24.1. The molecule has 0 saturated carbocycles. The van der Waals surface area contributed by atoms with Gasteiger partial charge in [-0.2, -0.15) is 0 Å². The largest absolute Gasteiger partial charge is 0.493 e. The zero-order chi connectivity index (χ0) is 15.0. The van der Waals surface area contributed by atoms with Crippen molar-refractivity contribution in [2.24, 2.45) is 4.99 Å². The summed E-state index contributed by atoms with van der Waals surface area (Å²) >= 11 is 0. The van der Waals surface area contributed by atoms with Crippen LogP contribution >= 0.6 is 0 Å². The number of carbonyl (C=O) groups is 1. The second kappa shape index (κ2) is 5.37. The summed E-state index contributed by atoms with van der Waals surface area (Å²) in [7, 11) is 3.08. The number of nitrogens with zero attached hydrogens (tertiary/aromatic N) is 2. The molecule has 6 heteroatoms. The standard InChI is InChI=1S/C15H18N2O4/c1-20-13-6-11-12(7-14(13)21-2)16-8-9-5-10(18)3-4-17(9)15(11)19/h6-10,18H,3-5H2,1-2H3/t9-,10+/m0/s1. The summed E-state index contributed by atoms with van der Waals surface area (Å²) in [6.45, 7) is 0.532. The van der Waals surface area contributed by atoms with Gasteiger partial charge in [0.15, 0.2) is 11.5 Å². The predicted molar refractivity (Wildman–Crippen MR) is 77.8 cm³/mol. The van der Waals surface area contributed by atoms with Gasteiger partial charge in [0.05, 0.1) is 37.6 Å². The quantitative estimate of drug-likeness (QED) is 0.893. The molecule has 0 radical (unpaired) electrons. The molecule has 0 bridgehead atoms. The summed E-state index contributed by atoms with van der Waals surface area (Å²) in [4.78, 5) is 18.9. The Morgan fingerprint density at radius 2 is 2.00 bits per heavy atom. The second-order valence-corrected chi connectivity index (χ2v) is 5.25. The molecule has 1 aromatic carbocycles. The lowest BCUT2D eigenvalue weighted by Gasteiger charge is -2.35. The molecule has 1 fully saturated rings. The van der Waals surface area contributed by atoms with E-state index in [0.717, 1.165) is 0 Å². The minimum Gasteiger partial charge on any atom is -0.493 e. The monoisotopic (exact) mass is 290 g/mol. The van der Waals surface area contributed by atoms with E-state index in [2.05, 4.69) is 4.99 Å². The Balaban J connectivity index is 2.05. The van der Waals surface area contributed by atoms with Crippen LogP contribution < -0.4 is 9.47 Å². The van der Waals surface area contributed by atoms with Crippen molar-refractivity contribution < 1.29 is 19.4 Å². The number of benzene rings is 1. The second-order valence-electron chi connectivity index (χ2n) is 5.25. The van der Waals surface area contributed by atoms with Crippen molar-refractivity contribution in [1.82, 2.24) is 4.90 Å². The molecule has 0 aromatic heterocycles. The number of aliphatic hydroxyl groups excluding tert-OH is 1. The molecule has 1 amide bonds. The highest BCUT2D eigenvalue weighted by Crippen LogP contribution is 2.37. The third-order valence-electron chi connectivity index (χ3n) is 4.00. The number of hydrogen-bond donors (Lipinski definition) is 1. The van der Waals surface area contributed by atoms with Gasteiger partial charge in [-0.1, -0.05) is 0 Å². The van der Waals surface area contributed by atoms with Crippen LogP contribution in [0.25, 0.3) is 0 Å². The van der Waals surface area contributed by atoms with Crippen molar-refractivity contribution in [1.29, 1.82) is 0 Å². The van der Waals surface area contributed by atoms with E-state index in [4.69, 9.17) is 9.47 Å². The third kappa shape index (κ3) is 2.35. The minimum atomic E-state index is -0.379. The maximum atomic E-state index is 12.7. The van der Waals surface area contributed by atoms with Crippen molar-refractivity contribution in [3.63, 3.8) is 0 Å². The van der Waals surface area contributed by atoms with Crippen molar-refractivity contribution in [2.45, 2.75) is 25.0 Å². The summed E-state index contributed by atoms with van der Waals surface area (Å²) < 4.78 is 10.5. The van der Waals surface area contributed by atoms with E-state index in [0.29, 0.717) is 42.1 Å². The van der Waals surface area contributed by atoms with E-state index in [-0.39, 0.29) is 18.1 Å². The smallest absolute Gasteiger partial charge is 0.256 e. The lowest BCUT2D eigenvalue weighted by atomic mass is 9.99. The van der Waals surface area contributed by atoms with Gasteiger partial charge >= 0.3 is 0 Å². The Bertz CT molecular complexity index is 600. The Hall–Kier alpha value is -2.08. The van der Waals surface area contributed by atoms with Crippen molar-refractivity contribution >= 4 is 17.8 Å². The predicted octanol–water partition coefficient (Wildman–Crippen LogP) is 1.39. The lowest BCUT2D eigenvalue weighted by Crippen LogP contribution is -2.47. The van der Waals surface area contributed by atoms with Gasteiger partial charge in [-0.05, 0) is 18.9 Å². The van der Waals surface area contributed by atoms with Crippen molar-refractivity contribution in [3.8, 4) is 11.5 Å². The molecule has 21 heavy (non-hydrogen) atoms. The molecule has 1 N–H and O–H groups in total.